The molecular formula is C17H16N2O6. The highest BCUT2D eigenvalue weighted by atomic mass is 16.6. The van der Waals surface area contributed by atoms with E-state index in [1.54, 1.807) is 31.2 Å². The van der Waals surface area contributed by atoms with E-state index in [1.807, 2.05) is 6.07 Å². The normalized spacial score (nSPS) is 9.96. The number of nitro groups is 1. The third-order valence-corrected chi connectivity index (χ3v) is 3.17. The van der Waals surface area contributed by atoms with Gasteiger partial charge in [0.25, 0.3) is 11.6 Å². The van der Waals surface area contributed by atoms with Crippen LogP contribution in [-0.4, -0.2) is 30.0 Å². The highest BCUT2D eigenvalue weighted by Gasteiger charge is 2.13. The molecule has 0 heterocycles. The van der Waals surface area contributed by atoms with Crippen molar-refractivity contribution in [2.24, 2.45) is 0 Å². The SMILES string of the molecule is Cc1ccc([N+](=O)[O-])cc1NC(=O)COC(=O)COc1ccccc1. The van der Waals surface area contributed by atoms with Crippen LogP contribution in [0.2, 0.25) is 0 Å². The number of hydrogen-bond acceptors (Lipinski definition) is 6. The Morgan fingerprint density at radius 1 is 1.12 bits per heavy atom. The number of nitrogens with one attached hydrogen (secondary N) is 1. The van der Waals surface area contributed by atoms with Crippen LogP contribution in [0.15, 0.2) is 48.5 Å². The summed E-state index contributed by atoms with van der Waals surface area (Å²) in [5.74, 6) is -0.789. The minimum atomic E-state index is -0.699. The summed E-state index contributed by atoms with van der Waals surface area (Å²) in [6.45, 7) is 0.852. The number of carbonyl (C=O) groups is 2. The van der Waals surface area contributed by atoms with E-state index in [0.29, 0.717) is 11.3 Å². The zero-order valence-corrected chi connectivity index (χ0v) is 13.4. The van der Waals surface area contributed by atoms with Gasteiger partial charge in [0.05, 0.1) is 10.6 Å². The van der Waals surface area contributed by atoms with Gasteiger partial charge in [-0.25, -0.2) is 4.79 Å². The van der Waals surface area contributed by atoms with Crippen molar-refractivity contribution in [3.63, 3.8) is 0 Å². The van der Waals surface area contributed by atoms with Gasteiger partial charge in [0.15, 0.2) is 13.2 Å². The largest absolute Gasteiger partial charge is 0.482 e. The van der Waals surface area contributed by atoms with Crippen LogP contribution in [-0.2, 0) is 14.3 Å². The number of non-ortho nitro benzene ring substituents is 1. The number of amides is 1. The number of para-hydroxylation sites is 1. The lowest BCUT2D eigenvalue weighted by atomic mass is 10.2. The molecule has 1 amide bonds. The molecule has 25 heavy (non-hydrogen) atoms. The van der Waals surface area contributed by atoms with E-state index in [1.165, 1.54) is 18.2 Å². The molecule has 1 N–H and O–H groups in total. The Morgan fingerprint density at radius 2 is 1.84 bits per heavy atom. The van der Waals surface area contributed by atoms with Crippen molar-refractivity contribution in [2.75, 3.05) is 18.5 Å². The lowest BCUT2D eigenvalue weighted by molar-refractivity contribution is -0.384. The number of benzene rings is 2. The van der Waals surface area contributed by atoms with Crippen molar-refractivity contribution in [3.05, 3.63) is 64.2 Å². The molecule has 0 radical (unpaired) electrons. The molecule has 2 aromatic rings. The fraction of sp³-hybridized carbons (Fsp3) is 0.176. The quantitative estimate of drug-likeness (QED) is 0.469. The molecule has 0 fully saturated rings. The highest BCUT2D eigenvalue weighted by molar-refractivity contribution is 5.93. The van der Waals surface area contributed by atoms with Gasteiger partial charge in [-0.05, 0) is 24.6 Å². The molecule has 0 spiro atoms. The van der Waals surface area contributed by atoms with Crippen LogP contribution in [0.25, 0.3) is 0 Å². The number of nitrogens with zero attached hydrogens (tertiary/aromatic N) is 1. The molecule has 0 saturated carbocycles. The molecule has 0 saturated heterocycles. The third kappa shape index (κ3) is 5.61. The number of aryl methyl sites for hydroxylation is 1. The Morgan fingerprint density at radius 3 is 2.52 bits per heavy atom. The first-order valence-corrected chi connectivity index (χ1v) is 7.34. The summed E-state index contributed by atoms with van der Waals surface area (Å²) >= 11 is 0. The molecule has 130 valence electrons. The molecule has 8 nitrogen and oxygen atoms in total. The van der Waals surface area contributed by atoms with Crippen molar-refractivity contribution < 1.29 is 24.0 Å². The van der Waals surface area contributed by atoms with Gasteiger partial charge in [0.1, 0.15) is 5.75 Å². The van der Waals surface area contributed by atoms with Crippen LogP contribution < -0.4 is 10.1 Å². The van der Waals surface area contributed by atoms with Crippen LogP contribution in [0.3, 0.4) is 0 Å². The monoisotopic (exact) mass is 344 g/mol. The van der Waals surface area contributed by atoms with Gasteiger partial charge in [-0.3, -0.25) is 14.9 Å². The minimum absolute atomic E-state index is 0.144. The van der Waals surface area contributed by atoms with Gasteiger partial charge in [0.2, 0.25) is 0 Å². The first kappa shape index (κ1) is 17.9. The lowest BCUT2D eigenvalue weighted by Gasteiger charge is -2.09. The first-order valence-electron chi connectivity index (χ1n) is 7.34. The molecule has 0 bridgehead atoms. The Bertz CT molecular complexity index is 776. The summed E-state index contributed by atoms with van der Waals surface area (Å²) in [4.78, 5) is 33.6. The lowest BCUT2D eigenvalue weighted by Crippen LogP contribution is -2.24. The summed E-state index contributed by atoms with van der Waals surface area (Å²) in [6, 6.07) is 12.8. The molecule has 0 aliphatic rings. The number of rotatable bonds is 7. The third-order valence-electron chi connectivity index (χ3n) is 3.17. The summed E-state index contributed by atoms with van der Waals surface area (Å²) in [7, 11) is 0. The van der Waals surface area contributed by atoms with Gasteiger partial charge in [-0.15, -0.1) is 0 Å². The number of nitro benzene ring substituents is 1. The van der Waals surface area contributed by atoms with Crippen molar-refractivity contribution >= 4 is 23.3 Å². The van der Waals surface area contributed by atoms with Gasteiger partial charge in [-0.2, -0.15) is 0 Å². The minimum Gasteiger partial charge on any atom is -0.482 e. The molecule has 8 heteroatoms. The molecule has 0 aromatic heterocycles. The van der Waals surface area contributed by atoms with Gasteiger partial charge < -0.3 is 14.8 Å². The smallest absolute Gasteiger partial charge is 0.344 e. The van der Waals surface area contributed by atoms with Crippen molar-refractivity contribution in [1.29, 1.82) is 0 Å². The van der Waals surface area contributed by atoms with E-state index in [9.17, 15) is 19.7 Å². The molecule has 2 rings (SSSR count). The predicted octanol–water partition coefficient (Wildman–Crippen LogP) is 2.46. The average Bonchev–Trinajstić information content (AvgIpc) is 2.60. The van der Waals surface area contributed by atoms with Crippen LogP contribution in [0, 0.1) is 17.0 Å². The Labute approximate surface area is 143 Å². The highest BCUT2D eigenvalue weighted by Crippen LogP contribution is 2.21. The van der Waals surface area contributed by atoms with Crippen LogP contribution >= 0.6 is 0 Å². The molecule has 0 aliphatic carbocycles. The molecule has 2 aromatic carbocycles. The number of ether oxygens (including phenoxy) is 2. The van der Waals surface area contributed by atoms with E-state index in [4.69, 9.17) is 9.47 Å². The number of hydrogen-bond donors (Lipinski definition) is 1. The van der Waals surface area contributed by atoms with E-state index in [-0.39, 0.29) is 18.0 Å². The van der Waals surface area contributed by atoms with E-state index in [0.717, 1.165) is 0 Å². The fourth-order valence-corrected chi connectivity index (χ4v) is 1.89. The van der Waals surface area contributed by atoms with Gasteiger partial charge >= 0.3 is 5.97 Å². The van der Waals surface area contributed by atoms with Crippen molar-refractivity contribution in [3.8, 4) is 5.75 Å². The van der Waals surface area contributed by atoms with E-state index >= 15 is 0 Å². The maximum absolute atomic E-state index is 11.8. The number of anilines is 1. The average molecular weight is 344 g/mol. The Kier molecular flexibility index (Phi) is 6.05. The van der Waals surface area contributed by atoms with E-state index < -0.39 is 23.4 Å². The number of esters is 1. The standard InChI is InChI=1S/C17H16N2O6/c1-12-7-8-13(19(22)23)9-15(12)18-16(20)10-25-17(21)11-24-14-5-3-2-4-6-14/h2-9H,10-11H2,1H3,(H,18,20). The maximum atomic E-state index is 11.8. The second kappa shape index (κ2) is 8.44. The van der Waals surface area contributed by atoms with Crippen molar-refractivity contribution in [2.45, 2.75) is 6.92 Å². The second-order valence-electron chi connectivity index (χ2n) is 5.07. The summed E-state index contributed by atoms with van der Waals surface area (Å²) < 4.78 is 10.0. The maximum Gasteiger partial charge on any atom is 0.344 e. The molecule has 0 aliphatic heterocycles. The predicted molar refractivity (Wildman–Crippen MR) is 89.4 cm³/mol. The van der Waals surface area contributed by atoms with Crippen LogP contribution in [0.5, 0.6) is 5.75 Å². The van der Waals surface area contributed by atoms with E-state index in [2.05, 4.69) is 5.32 Å². The summed E-state index contributed by atoms with van der Waals surface area (Å²) in [5, 5.41) is 13.2. The molecule has 0 atom stereocenters. The number of carbonyl (C=O) groups excluding carboxylic acids is 2. The Balaban J connectivity index is 1.81. The summed E-state index contributed by atoms with van der Waals surface area (Å²) in [6.07, 6.45) is 0. The second-order valence-corrected chi connectivity index (χ2v) is 5.07. The van der Waals surface area contributed by atoms with Crippen LogP contribution in [0.4, 0.5) is 11.4 Å². The van der Waals surface area contributed by atoms with Crippen LogP contribution in [0.1, 0.15) is 5.56 Å². The zero-order chi connectivity index (χ0) is 18.2. The first-order chi connectivity index (χ1) is 12.0. The van der Waals surface area contributed by atoms with Gasteiger partial charge in [0, 0.05) is 12.1 Å². The molecule has 0 unspecified atom stereocenters. The summed E-state index contributed by atoms with van der Waals surface area (Å²) in [5.41, 5.74) is 0.794. The molecular weight excluding hydrogens is 328 g/mol. The van der Waals surface area contributed by atoms with Gasteiger partial charge in [-0.1, -0.05) is 24.3 Å². The zero-order valence-electron chi connectivity index (χ0n) is 13.4. The topological polar surface area (TPSA) is 108 Å². The fourth-order valence-electron chi connectivity index (χ4n) is 1.89. The Hall–Kier alpha value is -3.42. The van der Waals surface area contributed by atoms with Crippen molar-refractivity contribution in [1.82, 2.24) is 0 Å².